The molecule has 4 rings (SSSR count). The van der Waals surface area contributed by atoms with Crippen LogP contribution in [0.15, 0.2) is 67.1 Å². The maximum absolute atomic E-state index is 13.2. The van der Waals surface area contributed by atoms with Gasteiger partial charge in [-0.25, -0.2) is 14.1 Å². The number of imidazole rings is 1. The Balaban J connectivity index is 1.87. The van der Waals surface area contributed by atoms with Gasteiger partial charge in [0, 0.05) is 24.2 Å². The molecule has 0 unspecified atom stereocenters. The maximum atomic E-state index is 13.2. The second-order valence-electron chi connectivity index (χ2n) is 5.62. The van der Waals surface area contributed by atoms with Gasteiger partial charge in [0.2, 0.25) is 0 Å². The molecule has 0 spiro atoms. The van der Waals surface area contributed by atoms with E-state index in [-0.39, 0.29) is 5.82 Å². The summed E-state index contributed by atoms with van der Waals surface area (Å²) in [4.78, 5) is 7.44. The summed E-state index contributed by atoms with van der Waals surface area (Å²) in [5.74, 6) is 0.462. The lowest BCUT2D eigenvalue weighted by Crippen LogP contribution is -1.94. The van der Waals surface area contributed by atoms with Crippen LogP contribution in [0, 0.1) is 12.7 Å². The van der Waals surface area contributed by atoms with Gasteiger partial charge in [-0.05, 0) is 43.3 Å². The van der Waals surface area contributed by atoms with E-state index < -0.39 is 0 Å². The fourth-order valence-corrected chi connectivity index (χ4v) is 2.61. The molecule has 118 valence electrons. The minimum absolute atomic E-state index is 0.267. The lowest BCUT2D eigenvalue weighted by Gasteiger charge is -2.01. The lowest BCUT2D eigenvalue weighted by molar-refractivity contribution is 0.628. The number of nitrogens with one attached hydrogen (secondary N) is 1. The Kier molecular flexibility index (Phi) is 3.46. The summed E-state index contributed by atoms with van der Waals surface area (Å²) in [6.07, 6.45) is 5.40. The Morgan fingerprint density at radius 1 is 1.00 bits per heavy atom. The third-order valence-corrected chi connectivity index (χ3v) is 3.88. The molecule has 0 aliphatic heterocycles. The number of H-pyrrole nitrogens is 1. The van der Waals surface area contributed by atoms with E-state index >= 15 is 0 Å². The van der Waals surface area contributed by atoms with E-state index in [2.05, 4.69) is 9.97 Å². The van der Waals surface area contributed by atoms with Crippen LogP contribution < -0.4 is 0 Å². The molecule has 2 aromatic carbocycles. The molecule has 2 heterocycles. The summed E-state index contributed by atoms with van der Waals surface area (Å²) >= 11 is 0. The molecule has 1 N–H and O–H groups in total. The topological polar surface area (TPSA) is 46.5 Å². The first-order valence-electron chi connectivity index (χ1n) is 7.63. The van der Waals surface area contributed by atoms with Gasteiger partial charge in [0.1, 0.15) is 17.3 Å². The molecule has 4 nitrogen and oxygen atoms in total. The summed E-state index contributed by atoms with van der Waals surface area (Å²) in [6.45, 7) is 2.05. The summed E-state index contributed by atoms with van der Waals surface area (Å²) in [5.41, 5.74) is 4.61. The lowest BCUT2D eigenvalue weighted by atomic mass is 10.1. The molecule has 0 fully saturated rings. The number of aromatic amines is 1. The summed E-state index contributed by atoms with van der Waals surface area (Å²) < 4.78 is 15.1. The molecule has 0 saturated carbocycles. The summed E-state index contributed by atoms with van der Waals surface area (Å²) in [6, 6.07) is 14.4. The number of rotatable bonds is 3. The zero-order valence-electron chi connectivity index (χ0n) is 13.1. The second-order valence-corrected chi connectivity index (χ2v) is 5.62. The summed E-state index contributed by atoms with van der Waals surface area (Å²) in [7, 11) is 0. The van der Waals surface area contributed by atoms with Gasteiger partial charge in [0.15, 0.2) is 0 Å². The van der Waals surface area contributed by atoms with Crippen LogP contribution in [-0.4, -0.2) is 19.7 Å². The van der Waals surface area contributed by atoms with E-state index in [0.29, 0.717) is 0 Å². The SMILES string of the molecule is Cc1ccc(-n2cc(-c3ncc[nH]3)c(-c3ccc(F)cc3)n2)cc1. The number of hydrogen-bond acceptors (Lipinski definition) is 2. The minimum Gasteiger partial charge on any atom is -0.345 e. The molecule has 0 saturated heterocycles. The van der Waals surface area contributed by atoms with Crippen LogP contribution in [0.1, 0.15) is 5.56 Å². The van der Waals surface area contributed by atoms with Crippen molar-refractivity contribution in [1.29, 1.82) is 0 Å². The Morgan fingerprint density at radius 2 is 1.75 bits per heavy atom. The number of aromatic nitrogens is 4. The Labute approximate surface area is 138 Å². The van der Waals surface area contributed by atoms with Crippen LogP contribution in [0.2, 0.25) is 0 Å². The van der Waals surface area contributed by atoms with Crippen molar-refractivity contribution in [1.82, 2.24) is 19.7 Å². The van der Waals surface area contributed by atoms with Gasteiger partial charge < -0.3 is 4.98 Å². The number of aryl methyl sites for hydroxylation is 1. The number of hydrogen-bond donors (Lipinski definition) is 1. The van der Waals surface area contributed by atoms with E-state index in [4.69, 9.17) is 5.10 Å². The highest BCUT2D eigenvalue weighted by atomic mass is 19.1. The monoisotopic (exact) mass is 318 g/mol. The zero-order chi connectivity index (χ0) is 16.5. The zero-order valence-corrected chi connectivity index (χ0v) is 13.1. The first-order valence-corrected chi connectivity index (χ1v) is 7.63. The first-order chi connectivity index (χ1) is 11.7. The Hall–Kier alpha value is -3.21. The highest BCUT2D eigenvalue weighted by Gasteiger charge is 2.15. The maximum Gasteiger partial charge on any atom is 0.141 e. The standard InChI is InChI=1S/C19H15FN4/c1-13-2-8-16(9-3-13)24-12-17(19-21-10-11-22-19)18(23-24)14-4-6-15(20)7-5-14/h2-12H,1H3,(H,21,22). The molecule has 5 heteroatoms. The molecule has 0 atom stereocenters. The van der Waals surface area contributed by atoms with Gasteiger partial charge in [-0.3, -0.25) is 0 Å². The average molecular weight is 318 g/mol. The fraction of sp³-hybridized carbons (Fsp3) is 0.0526. The predicted molar refractivity (Wildman–Crippen MR) is 91.3 cm³/mol. The van der Waals surface area contributed by atoms with Crippen LogP contribution in [-0.2, 0) is 0 Å². The van der Waals surface area contributed by atoms with Crippen LogP contribution in [0.5, 0.6) is 0 Å². The molecule has 0 amide bonds. The van der Waals surface area contributed by atoms with Crippen molar-refractivity contribution < 1.29 is 4.39 Å². The van der Waals surface area contributed by atoms with Crippen molar-refractivity contribution in [2.24, 2.45) is 0 Å². The fourth-order valence-electron chi connectivity index (χ4n) is 2.61. The molecule has 24 heavy (non-hydrogen) atoms. The van der Waals surface area contributed by atoms with Gasteiger partial charge in [-0.1, -0.05) is 17.7 Å². The number of halogens is 1. The van der Waals surface area contributed by atoms with E-state index in [1.54, 1.807) is 24.5 Å². The quantitative estimate of drug-likeness (QED) is 0.609. The van der Waals surface area contributed by atoms with E-state index in [9.17, 15) is 4.39 Å². The minimum atomic E-state index is -0.267. The molecule has 0 radical (unpaired) electrons. The largest absolute Gasteiger partial charge is 0.345 e. The highest BCUT2D eigenvalue weighted by Crippen LogP contribution is 2.30. The van der Waals surface area contributed by atoms with Crippen molar-refractivity contribution in [3.63, 3.8) is 0 Å². The Bertz CT molecular complexity index is 952. The van der Waals surface area contributed by atoms with Crippen molar-refractivity contribution in [3.05, 3.63) is 78.5 Å². The molecular formula is C19H15FN4. The summed E-state index contributed by atoms with van der Waals surface area (Å²) in [5, 5.41) is 4.70. The van der Waals surface area contributed by atoms with E-state index in [1.807, 2.05) is 42.1 Å². The van der Waals surface area contributed by atoms with E-state index in [0.717, 1.165) is 28.3 Å². The smallest absolute Gasteiger partial charge is 0.141 e. The molecule has 4 aromatic rings. The molecule has 0 bridgehead atoms. The Morgan fingerprint density at radius 3 is 2.42 bits per heavy atom. The molecular weight excluding hydrogens is 303 g/mol. The van der Waals surface area contributed by atoms with Crippen LogP contribution in [0.4, 0.5) is 4.39 Å². The van der Waals surface area contributed by atoms with Crippen molar-refractivity contribution >= 4 is 0 Å². The van der Waals surface area contributed by atoms with Gasteiger partial charge in [0.05, 0.1) is 11.3 Å². The molecule has 2 aromatic heterocycles. The van der Waals surface area contributed by atoms with Gasteiger partial charge in [-0.15, -0.1) is 0 Å². The van der Waals surface area contributed by atoms with Gasteiger partial charge >= 0.3 is 0 Å². The highest BCUT2D eigenvalue weighted by molar-refractivity contribution is 5.77. The third kappa shape index (κ3) is 2.60. The van der Waals surface area contributed by atoms with Gasteiger partial charge in [0.25, 0.3) is 0 Å². The van der Waals surface area contributed by atoms with Crippen LogP contribution in [0.3, 0.4) is 0 Å². The van der Waals surface area contributed by atoms with Crippen molar-refractivity contribution in [2.45, 2.75) is 6.92 Å². The van der Waals surface area contributed by atoms with Crippen molar-refractivity contribution in [2.75, 3.05) is 0 Å². The average Bonchev–Trinajstić information content (AvgIpc) is 3.25. The number of nitrogens with zero attached hydrogens (tertiary/aromatic N) is 3. The van der Waals surface area contributed by atoms with Crippen LogP contribution in [0.25, 0.3) is 28.3 Å². The van der Waals surface area contributed by atoms with Crippen LogP contribution >= 0.6 is 0 Å². The molecule has 0 aliphatic rings. The van der Waals surface area contributed by atoms with Gasteiger partial charge in [-0.2, -0.15) is 5.10 Å². The molecule has 0 aliphatic carbocycles. The van der Waals surface area contributed by atoms with E-state index in [1.165, 1.54) is 17.7 Å². The second kappa shape index (κ2) is 5.77. The predicted octanol–water partition coefficient (Wildman–Crippen LogP) is 4.38. The third-order valence-electron chi connectivity index (χ3n) is 3.88. The normalized spacial score (nSPS) is 10.9. The first kappa shape index (κ1) is 14.4. The number of benzene rings is 2. The van der Waals surface area contributed by atoms with Crippen molar-refractivity contribution in [3.8, 4) is 28.3 Å².